The average Bonchev–Trinajstić information content (AvgIpc) is 2.84. The summed E-state index contributed by atoms with van der Waals surface area (Å²) in [5.41, 5.74) is 6.98. The molecule has 0 radical (unpaired) electrons. The molecule has 0 saturated carbocycles. The van der Waals surface area contributed by atoms with Crippen LogP contribution in [0.5, 0.6) is 0 Å². The van der Waals surface area contributed by atoms with E-state index in [0.29, 0.717) is 25.2 Å². The van der Waals surface area contributed by atoms with Gasteiger partial charge >= 0.3 is 5.69 Å². The maximum absolute atomic E-state index is 14.7. The van der Waals surface area contributed by atoms with Crippen LogP contribution in [0.2, 0.25) is 0 Å². The van der Waals surface area contributed by atoms with Gasteiger partial charge in [-0.3, -0.25) is 24.0 Å². The number of carbonyl (C=O) groups excluding carboxylic acids is 1. The summed E-state index contributed by atoms with van der Waals surface area (Å²) in [6.45, 7) is 2.77. The molecule has 0 atom stereocenters. The largest absolute Gasteiger partial charge is 0.383 e. The number of rotatable bonds is 8. The first-order valence-electron chi connectivity index (χ1n) is 11.9. The molecular formula is C26H30FN5O3. The number of nitrogens with one attached hydrogen (secondary N) is 1. The quantitative estimate of drug-likeness (QED) is 0.517. The number of carbonyl (C=O) groups is 1. The summed E-state index contributed by atoms with van der Waals surface area (Å²) in [6.07, 6.45) is 3.03. The third-order valence-corrected chi connectivity index (χ3v) is 6.29. The van der Waals surface area contributed by atoms with Gasteiger partial charge in [-0.1, -0.05) is 55.8 Å². The lowest BCUT2D eigenvalue weighted by molar-refractivity contribution is -0.117. The first-order chi connectivity index (χ1) is 16.9. The second-order valence-electron chi connectivity index (χ2n) is 8.74. The molecule has 35 heavy (non-hydrogen) atoms. The summed E-state index contributed by atoms with van der Waals surface area (Å²) in [7, 11) is 0. The predicted octanol–water partition coefficient (Wildman–Crippen LogP) is 3.04. The molecular weight excluding hydrogens is 449 g/mol. The molecule has 9 heteroatoms. The molecule has 3 aromatic rings. The van der Waals surface area contributed by atoms with Crippen molar-refractivity contribution in [2.24, 2.45) is 0 Å². The highest BCUT2D eigenvalue weighted by Gasteiger charge is 2.28. The number of unbranched alkanes of at least 4 members (excludes halogenated alkanes) is 1. The number of halogens is 1. The van der Waals surface area contributed by atoms with E-state index >= 15 is 0 Å². The van der Waals surface area contributed by atoms with Gasteiger partial charge in [0, 0.05) is 13.1 Å². The second kappa shape index (κ2) is 10.6. The number of nitrogens with zero attached hydrogens (tertiary/aromatic N) is 3. The van der Waals surface area contributed by atoms with Gasteiger partial charge in [-0.15, -0.1) is 0 Å². The van der Waals surface area contributed by atoms with Crippen LogP contribution in [0.1, 0.15) is 37.3 Å². The zero-order valence-electron chi connectivity index (χ0n) is 19.8. The highest BCUT2D eigenvalue weighted by atomic mass is 19.1. The zero-order valence-corrected chi connectivity index (χ0v) is 19.8. The van der Waals surface area contributed by atoms with Crippen LogP contribution in [0, 0.1) is 5.82 Å². The number of anilines is 3. The standard InChI is InChI=1S/C26H30FN5O3/c1-2-3-15-31-24(28)23(25(34)29-26(31)35)32(16-18-9-5-4-6-10-18)21(33)17-30-14-8-12-19-11-7-13-20(27)22(19)30/h4-7,9-11,13H,2-3,8,12,14-17,28H2,1H3,(H,29,34,35). The van der Waals surface area contributed by atoms with E-state index in [1.54, 1.807) is 11.0 Å². The Balaban J connectivity index is 1.75. The van der Waals surface area contributed by atoms with Gasteiger partial charge in [0.2, 0.25) is 5.91 Å². The molecule has 1 aromatic heterocycles. The van der Waals surface area contributed by atoms with E-state index in [1.807, 2.05) is 43.3 Å². The van der Waals surface area contributed by atoms with E-state index in [2.05, 4.69) is 4.98 Å². The van der Waals surface area contributed by atoms with Crippen LogP contribution in [-0.4, -0.2) is 28.5 Å². The molecule has 1 amide bonds. The Hall–Kier alpha value is -3.88. The molecule has 2 heterocycles. The van der Waals surface area contributed by atoms with E-state index < -0.39 is 17.2 Å². The molecule has 0 spiro atoms. The maximum atomic E-state index is 14.7. The van der Waals surface area contributed by atoms with E-state index in [9.17, 15) is 18.8 Å². The number of para-hydroxylation sites is 1. The van der Waals surface area contributed by atoms with E-state index in [1.165, 1.54) is 15.5 Å². The Morgan fingerprint density at radius 1 is 1.14 bits per heavy atom. The highest BCUT2D eigenvalue weighted by Crippen LogP contribution is 2.30. The number of nitrogens with two attached hydrogens (primary N) is 1. The van der Waals surface area contributed by atoms with Crippen LogP contribution < -0.4 is 26.8 Å². The third-order valence-electron chi connectivity index (χ3n) is 6.29. The van der Waals surface area contributed by atoms with Crippen LogP contribution in [0.15, 0.2) is 58.1 Å². The number of aromatic nitrogens is 2. The Labute approximate surface area is 202 Å². The fourth-order valence-electron chi connectivity index (χ4n) is 4.53. The summed E-state index contributed by atoms with van der Waals surface area (Å²) in [6, 6.07) is 14.1. The predicted molar refractivity (Wildman–Crippen MR) is 135 cm³/mol. The lowest BCUT2D eigenvalue weighted by Gasteiger charge is -2.33. The number of H-pyrrole nitrogens is 1. The normalized spacial score (nSPS) is 12.9. The molecule has 3 N–H and O–H groups in total. The van der Waals surface area contributed by atoms with Crippen molar-refractivity contribution >= 4 is 23.1 Å². The van der Waals surface area contributed by atoms with Gasteiger partial charge < -0.3 is 10.6 Å². The van der Waals surface area contributed by atoms with Crippen molar-refractivity contribution in [1.82, 2.24) is 9.55 Å². The van der Waals surface area contributed by atoms with Crippen LogP contribution in [-0.2, 0) is 24.3 Å². The minimum atomic E-state index is -0.727. The summed E-state index contributed by atoms with van der Waals surface area (Å²) in [5, 5.41) is 0. The highest BCUT2D eigenvalue weighted by molar-refractivity contribution is 5.98. The summed E-state index contributed by atoms with van der Waals surface area (Å²) >= 11 is 0. The van der Waals surface area contributed by atoms with Crippen molar-refractivity contribution in [1.29, 1.82) is 0 Å². The lowest BCUT2D eigenvalue weighted by atomic mass is 10.0. The van der Waals surface area contributed by atoms with Crippen LogP contribution >= 0.6 is 0 Å². The van der Waals surface area contributed by atoms with Gasteiger partial charge in [-0.05, 0) is 36.5 Å². The Kier molecular flexibility index (Phi) is 7.33. The van der Waals surface area contributed by atoms with Crippen molar-refractivity contribution < 1.29 is 9.18 Å². The van der Waals surface area contributed by atoms with Gasteiger partial charge in [0.25, 0.3) is 5.56 Å². The molecule has 1 aliphatic rings. The number of benzene rings is 2. The molecule has 0 bridgehead atoms. The van der Waals surface area contributed by atoms with Crippen molar-refractivity contribution in [2.45, 2.75) is 45.7 Å². The molecule has 2 aromatic carbocycles. The molecule has 0 fully saturated rings. The smallest absolute Gasteiger partial charge is 0.330 e. The summed E-state index contributed by atoms with van der Waals surface area (Å²) in [5.74, 6) is -0.848. The van der Waals surface area contributed by atoms with E-state index in [4.69, 9.17) is 5.73 Å². The van der Waals surface area contributed by atoms with Crippen molar-refractivity contribution in [3.63, 3.8) is 0 Å². The lowest BCUT2D eigenvalue weighted by Crippen LogP contribution is -2.46. The van der Waals surface area contributed by atoms with Crippen LogP contribution in [0.25, 0.3) is 0 Å². The van der Waals surface area contributed by atoms with Gasteiger partial charge in [0.05, 0.1) is 18.8 Å². The molecule has 0 unspecified atom stereocenters. The molecule has 0 aliphatic carbocycles. The van der Waals surface area contributed by atoms with Gasteiger partial charge in [0.15, 0.2) is 5.69 Å². The topological polar surface area (TPSA) is 104 Å². The summed E-state index contributed by atoms with van der Waals surface area (Å²) < 4.78 is 16.0. The Morgan fingerprint density at radius 3 is 2.66 bits per heavy atom. The number of hydrogen-bond acceptors (Lipinski definition) is 5. The van der Waals surface area contributed by atoms with Crippen molar-refractivity contribution in [3.8, 4) is 0 Å². The van der Waals surface area contributed by atoms with Crippen molar-refractivity contribution in [3.05, 3.63) is 86.3 Å². The number of amides is 1. The monoisotopic (exact) mass is 479 g/mol. The number of nitrogen functional groups attached to an aromatic ring is 1. The zero-order chi connectivity index (χ0) is 24.9. The number of fused-ring (bicyclic) bond motifs is 1. The number of aryl methyl sites for hydroxylation is 1. The Morgan fingerprint density at radius 2 is 1.91 bits per heavy atom. The first kappa shape index (κ1) is 24.3. The SMILES string of the molecule is CCCCn1c(N)c(N(Cc2ccccc2)C(=O)CN2CCCc3cccc(F)c32)c(=O)[nH]c1=O. The molecule has 184 valence electrons. The molecule has 4 rings (SSSR count). The van der Waals surface area contributed by atoms with Crippen LogP contribution in [0.3, 0.4) is 0 Å². The molecule has 1 aliphatic heterocycles. The minimum Gasteiger partial charge on any atom is -0.383 e. The second-order valence-corrected chi connectivity index (χ2v) is 8.74. The van der Waals surface area contributed by atoms with Crippen molar-refractivity contribution in [2.75, 3.05) is 28.6 Å². The average molecular weight is 480 g/mol. The van der Waals surface area contributed by atoms with Gasteiger partial charge in [0.1, 0.15) is 11.6 Å². The molecule has 0 saturated heterocycles. The minimum absolute atomic E-state index is 0.0540. The third kappa shape index (κ3) is 5.13. The fourth-order valence-corrected chi connectivity index (χ4v) is 4.53. The maximum Gasteiger partial charge on any atom is 0.330 e. The fraction of sp³-hybridized carbons (Fsp3) is 0.346. The number of aromatic amines is 1. The number of hydrogen-bond donors (Lipinski definition) is 2. The van der Waals surface area contributed by atoms with Crippen LogP contribution in [0.4, 0.5) is 21.6 Å². The van der Waals surface area contributed by atoms with E-state index in [0.717, 1.165) is 30.4 Å². The van der Waals surface area contributed by atoms with E-state index in [-0.39, 0.29) is 30.4 Å². The first-order valence-corrected chi connectivity index (χ1v) is 11.9. The summed E-state index contributed by atoms with van der Waals surface area (Å²) in [4.78, 5) is 44.4. The Bertz CT molecular complexity index is 1320. The van der Waals surface area contributed by atoms with Gasteiger partial charge in [-0.25, -0.2) is 9.18 Å². The molecule has 8 nitrogen and oxygen atoms in total. The van der Waals surface area contributed by atoms with Gasteiger partial charge in [-0.2, -0.15) is 0 Å².